The Balaban J connectivity index is 2.59. The monoisotopic (exact) mass is 204 g/mol. The van der Waals surface area contributed by atoms with Gasteiger partial charge < -0.3 is 0 Å². The van der Waals surface area contributed by atoms with Crippen molar-refractivity contribution in [2.75, 3.05) is 0 Å². The van der Waals surface area contributed by atoms with Crippen molar-refractivity contribution in [3.63, 3.8) is 0 Å². The van der Waals surface area contributed by atoms with E-state index in [2.05, 4.69) is 0 Å². The standard InChI is InChI=1S/C13H10F2/c1-9-6-10(8-11(14)7-9)12-4-2-3-5-13(12)15/h2-8H,1H3. The second-order valence-corrected chi connectivity index (χ2v) is 3.50. The summed E-state index contributed by atoms with van der Waals surface area (Å²) in [5, 5.41) is 0. The molecule has 0 aliphatic heterocycles. The first-order valence-electron chi connectivity index (χ1n) is 4.69. The van der Waals surface area contributed by atoms with Crippen LogP contribution in [0.15, 0.2) is 42.5 Å². The highest BCUT2D eigenvalue weighted by atomic mass is 19.1. The van der Waals surface area contributed by atoms with E-state index in [1.807, 2.05) is 0 Å². The molecule has 0 nitrogen and oxygen atoms in total. The Morgan fingerprint density at radius 3 is 2.33 bits per heavy atom. The lowest BCUT2D eigenvalue weighted by molar-refractivity contribution is 0.624. The number of aryl methyl sites for hydroxylation is 1. The van der Waals surface area contributed by atoms with Crippen LogP contribution in [-0.4, -0.2) is 0 Å². The number of halogens is 2. The molecule has 0 saturated heterocycles. The van der Waals surface area contributed by atoms with Gasteiger partial charge in [-0.3, -0.25) is 0 Å². The van der Waals surface area contributed by atoms with Crippen LogP contribution in [0.5, 0.6) is 0 Å². The van der Waals surface area contributed by atoms with Gasteiger partial charge in [-0.1, -0.05) is 24.3 Å². The Labute approximate surface area is 87.2 Å². The van der Waals surface area contributed by atoms with Gasteiger partial charge in [0.1, 0.15) is 11.6 Å². The van der Waals surface area contributed by atoms with Crippen LogP contribution < -0.4 is 0 Å². The van der Waals surface area contributed by atoms with Gasteiger partial charge in [-0.15, -0.1) is 0 Å². The molecular formula is C13H10F2. The molecule has 0 aromatic heterocycles. The van der Waals surface area contributed by atoms with Crippen LogP contribution in [-0.2, 0) is 0 Å². The van der Waals surface area contributed by atoms with Crippen LogP contribution in [0.2, 0.25) is 0 Å². The number of benzene rings is 2. The van der Waals surface area contributed by atoms with Gasteiger partial charge in [-0.2, -0.15) is 0 Å². The Morgan fingerprint density at radius 1 is 0.933 bits per heavy atom. The van der Waals surface area contributed by atoms with Gasteiger partial charge in [0.15, 0.2) is 0 Å². The Morgan fingerprint density at radius 2 is 1.67 bits per heavy atom. The molecule has 2 rings (SSSR count). The van der Waals surface area contributed by atoms with Crippen molar-refractivity contribution >= 4 is 0 Å². The number of rotatable bonds is 1. The molecule has 76 valence electrons. The van der Waals surface area contributed by atoms with Gasteiger partial charge in [0, 0.05) is 5.56 Å². The molecule has 0 spiro atoms. The zero-order valence-electron chi connectivity index (χ0n) is 8.30. The summed E-state index contributed by atoms with van der Waals surface area (Å²) in [5.74, 6) is -0.671. The smallest absolute Gasteiger partial charge is 0.131 e. The lowest BCUT2D eigenvalue weighted by Crippen LogP contribution is -1.86. The summed E-state index contributed by atoms with van der Waals surface area (Å²) in [5.41, 5.74) is 1.79. The first-order chi connectivity index (χ1) is 7.16. The normalized spacial score (nSPS) is 10.3. The van der Waals surface area contributed by atoms with Crippen molar-refractivity contribution in [2.24, 2.45) is 0 Å². The van der Waals surface area contributed by atoms with Crippen molar-refractivity contribution < 1.29 is 8.78 Å². The molecular weight excluding hydrogens is 194 g/mol. The molecule has 0 aliphatic rings. The number of hydrogen-bond acceptors (Lipinski definition) is 0. The molecule has 0 bridgehead atoms. The van der Waals surface area contributed by atoms with E-state index in [1.165, 1.54) is 18.2 Å². The molecule has 0 fully saturated rings. The van der Waals surface area contributed by atoms with Crippen molar-refractivity contribution in [1.29, 1.82) is 0 Å². The maximum atomic E-state index is 13.4. The Bertz CT molecular complexity index is 469. The second-order valence-electron chi connectivity index (χ2n) is 3.50. The van der Waals surface area contributed by atoms with E-state index in [1.54, 1.807) is 31.2 Å². The fourth-order valence-corrected chi connectivity index (χ4v) is 1.59. The Kier molecular flexibility index (Phi) is 2.50. The van der Waals surface area contributed by atoms with Crippen molar-refractivity contribution in [2.45, 2.75) is 6.92 Å². The molecule has 15 heavy (non-hydrogen) atoms. The van der Waals surface area contributed by atoms with Crippen LogP contribution >= 0.6 is 0 Å². The van der Waals surface area contributed by atoms with Crippen LogP contribution in [0.3, 0.4) is 0 Å². The Hall–Kier alpha value is -1.70. The van der Waals surface area contributed by atoms with Gasteiger partial charge in [-0.25, -0.2) is 8.78 Å². The fraction of sp³-hybridized carbons (Fsp3) is 0.0769. The van der Waals surface area contributed by atoms with Gasteiger partial charge in [0.05, 0.1) is 0 Å². The van der Waals surface area contributed by atoms with Crippen molar-refractivity contribution in [3.05, 3.63) is 59.7 Å². The molecule has 0 heterocycles. The summed E-state index contributed by atoms with van der Waals surface area (Å²) in [6, 6.07) is 10.9. The maximum absolute atomic E-state index is 13.4. The summed E-state index contributed by atoms with van der Waals surface area (Å²) in [6.07, 6.45) is 0. The molecule has 0 unspecified atom stereocenters. The van der Waals surface area contributed by atoms with Gasteiger partial charge in [0.2, 0.25) is 0 Å². The van der Waals surface area contributed by atoms with Gasteiger partial charge >= 0.3 is 0 Å². The topological polar surface area (TPSA) is 0 Å². The van der Waals surface area contributed by atoms with E-state index in [9.17, 15) is 8.78 Å². The minimum Gasteiger partial charge on any atom is -0.207 e. The van der Waals surface area contributed by atoms with Crippen molar-refractivity contribution in [1.82, 2.24) is 0 Å². The summed E-state index contributed by atoms with van der Waals surface area (Å²) >= 11 is 0. The average molecular weight is 204 g/mol. The maximum Gasteiger partial charge on any atom is 0.131 e. The zero-order chi connectivity index (χ0) is 10.8. The highest BCUT2D eigenvalue weighted by Gasteiger charge is 2.05. The van der Waals surface area contributed by atoms with E-state index >= 15 is 0 Å². The van der Waals surface area contributed by atoms with Crippen LogP contribution in [0.4, 0.5) is 8.78 Å². The summed E-state index contributed by atoms with van der Waals surface area (Å²) in [6.45, 7) is 1.79. The van der Waals surface area contributed by atoms with Crippen LogP contribution in [0.25, 0.3) is 11.1 Å². The SMILES string of the molecule is Cc1cc(F)cc(-c2ccccc2F)c1. The van der Waals surface area contributed by atoms with Crippen LogP contribution in [0, 0.1) is 18.6 Å². The molecule has 2 heteroatoms. The molecule has 0 saturated carbocycles. The average Bonchev–Trinajstić information content (AvgIpc) is 2.16. The molecule has 2 aromatic rings. The second kappa shape index (κ2) is 3.81. The van der Waals surface area contributed by atoms with Crippen molar-refractivity contribution in [3.8, 4) is 11.1 Å². The van der Waals surface area contributed by atoms with E-state index in [4.69, 9.17) is 0 Å². The first-order valence-corrected chi connectivity index (χ1v) is 4.69. The lowest BCUT2D eigenvalue weighted by Gasteiger charge is -2.04. The molecule has 0 atom stereocenters. The lowest BCUT2D eigenvalue weighted by atomic mass is 10.0. The molecule has 0 aliphatic carbocycles. The van der Waals surface area contributed by atoms with E-state index in [0.717, 1.165) is 5.56 Å². The third-order valence-corrected chi connectivity index (χ3v) is 2.23. The molecule has 0 radical (unpaired) electrons. The molecule has 0 amide bonds. The summed E-state index contributed by atoms with van der Waals surface area (Å²) in [7, 11) is 0. The summed E-state index contributed by atoms with van der Waals surface area (Å²) in [4.78, 5) is 0. The van der Waals surface area contributed by atoms with Gasteiger partial charge in [-0.05, 0) is 36.2 Å². The quantitative estimate of drug-likeness (QED) is 0.660. The molecule has 0 N–H and O–H groups in total. The summed E-state index contributed by atoms with van der Waals surface area (Å²) < 4.78 is 26.5. The van der Waals surface area contributed by atoms with E-state index < -0.39 is 0 Å². The third-order valence-electron chi connectivity index (χ3n) is 2.23. The predicted octanol–water partition coefficient (Wildman–Crippen LogP) is 3.94. The highest BCUT2D eigenvalue weighted by Crippen LogP contribution is 2.24. The van der Waals surface area contributed by atoms with E-state index in [-0.39, 0.29) is 11.6 Å². The fourth-order valence-electron chi connectivity index (χ4n) is 1.59. The predicted molar refractivity (Wildman–Crippen MR) is 56.5 cm³/mol. The number of hydrogen-bond donors (Lipinski definition) is 0. The zero-order valence-corrected chi connectivity index (χ0v) is 8.30. The van der Waals surface area contributed by atoms with Crippen LogP contribution in [0.1, 0.15) is 5.56 Å². The largest absolute Gasteiger partial charge is 0.207 e. The minimum atomic E-state index is -0.340. The first kappa shape index (κ1) is 9.84. The minimum absolute atomic E-state index is 0.331. The molecule has 2 aromatic carbocycles. The highest BCUT2D eigenvalue weighted by molar-refractivity contribution is 5.64. The van der Waals surface area contributed by atoms with E-state index in [0.29, 0.717) is 11.1 Å². The third kappa shape index (κ3) is 2.04. The van der Waals surface area contributed by atoms with Gasteiger partial charge in [0.25, 0.3) is 0 Å².